The molecule has 0 radical (unpaired) electrons. The Kier molecular flexibility index (Phi) is 3.85. The summed E-state index contributed by atoms with van der Waals surface area (Å²) in [5.74, 6) is -1.21. The van der Waals surface area contributed by atoms with Gasteiger partial charge in [-0.3, -0.25) is 4.99 Å². The summed E-state index contributed by atoms with van der Waals surface area (Å²) in [6.07, 6.45) is 1.40. The topological polar surface area (TPSA) is 65.0 Å². The van der Waals surface area contributed by atoms with Gasteiger partial charge in [-0.05, 0) is 0 Å². The van der Waals surface area contributed by atoms with Gasteiger partial charge in [0.15, 0.2) is 0 Å². The maximum absolute atomic E-state index is 11.3. The molecule has 1 atom stereocenters. The average Bonchev–Trinajstić information content (AvgIpc) is 2.26. The van der Waals surface area contributed by atoms with Crippen molar-refractivity contribution < 1.29 is 19.1 Å². The minimum atomic E-state index is -0.622. The van der Waals surface area contributed by atoms with Crippen LogP contribution in [0.15, 0.2) is 16.1 Å². The Balaban J connectivity index is 3.08. The third-order valence-electron chi connectivity index (χ3n) is 1.90. The molecule has 0 aromatic carbocycles. The SMILES string of the molecule is COC(=O)C1=C(C(=O)OC)CC(Cl)N=C1. The first-order valence-electron chi connectivity index (χ1n) is 4.17. The lowest BCUT2D eigenvalue weighted by Crippen LogP contribution is -2.21. The zero-order valence-electron chi connectivity index (χ0n) is 8.32. The molecule has 0 aliphatic carbocycles. The van der Waals surface area contributed by atoms with E-state index in [2.05, 4.69) is 14.5 Å². The van der Waals surface area contributed by atoms with Crippen molar-refractivity contribution in [1.29, 1.82) is 0 Å². The minimum absolute atomic E-state index is 0.0984. The Morgan fingerprint density at radius 3 is 2.53 bits per heavy atom. The third kappa shape index (κ3) is 2.56. The maximum Gasteiger partial charge on any atom is 0.339 e. The average molecular weight is 232 g/mol. The van der Waals surface area contributed by atoms with E-state index in [0.29, 0.717) is 0 Å². The fourth-order valence-electron chi connectivity index (χ4n) is 1.17. The lowest BCUT2D eigenvalue weighted by Gasteiger charge is -2.15. The van der Waals surface area contributed by atoms with Crippen LogP contribution in [0.1, 0.15) is 6.42 Å². The fourth-order valence-corrected chi connectivity index (χ4v) is 1.38. The van der Waals surface area contributed by atoms with Crippen LogP contribution in [0.4, 0.5) is 0 Å². The molecule has 5 nitrogen and oxygen atoms in total. The second-order valence-electron chi connectivity index (χ2n) is 2.79. The molecule has 1 heterocycles. The highest BCUT2D eigenvalue weighted by Crippen LogP contribution is 2.21. The van der Waals surface area contributed by atoms with Gasteiger partial charge in [0.25, 0.3) is 0 Å². The minimum Gasteiger partial charge on any atom is -0.466 e. The van der Waals surface area contributed by atoms with E-state index < -0.39 is 17.4 Å². The largest absolute Gasteiger partial charge is 0.466 e. The van der Waals surface area contributed by atoms with Crippen molar-refractivity contribution in [3.8, 4) is 0 Å². The Hall–Kier alpha value is -1.36. The van der Waals surface area contributed by atoms with Crippen LogP contribution in [0.3, 0.4) is 0 Å². The molecular formula is C9H10ClNO4. The summed E-state index contributed by atoms with van der Waals surface area (Å²) in [5.41, 5.74) is -0.256. The number of hydrogen-bond acceptors (Lipinski definition) is 5. The first-order chi connectivity index (χ1) is 7.10. The molecule has 0 bridgehead atoms. The number of aliphatic imine (C=N–C) groups is 1. The second kappa shape index (κ2) is 4.93. The van der Waals surface area contributed by atoms with Gasteiger partial charge in [0.2, 0.25) is 0 Å². The molecule has 1 aliphatic heterocycles. The van der Waals surface area contributed by atoms with Crippen molar-refractivity contribution in [2.45, 2.75) is 11.9 Å². The summed E-state index contributed by atoms with van der Waals surface area (Å²) in [6, 6.07) is 0. The smallest absolute Gasteiger partial charge is 0.339 e. The number of nitrogens with zero attached hydrogens (tertiary/aromatic N) is 1. The van der Waals surface area contributed by atoms with Crippen LogP contribution in [0.25, 0.3) is 0 Å². The van der Waals surface area contributed by atoms with Crippen molar-refractivity contribution in [3.05, 3.63) is 11.1 Å². The number of ether oxygens (including phenoxy) is 2. The Labute approximate surface area is 91.7 Å². The normalized spacial score (nSPS) is 20.1. The van der Waals surface area contributed by atoms with Crippen molar-refractivity contribution in [2.75, 3.05) is 14.2 Å². The first-order valence-corrected chi connectivity index (χ1v) is 4.60. The Morgan fingerprint density at radius 2 is 2.00 bits per heavy atom. The zero-order chi connectivity index (χ0) is 11.4. The van der Waals surface area contributed by atoms with Crippen molar-refractivity contribution in [3.63, 3.8) is 0 Å². The molecule has 0 fully saturated rings. The van der Waals surface area contributed by atoms with Crippen LogP contribution in [0, 0.1) is 0 Å². The quantitative estimate of drug-likeness (QED) is 0.398. The van der Waals surface area contributed by atoms with Crippen molar-refractivity contribution >= 4 is 29.8 Å². The van der Waals surface area contributed by atoms with Gasteiger partial charge in [-0.15, -0.1) is 0 Å². The highest BCUT2D eigenvalue weighted by molar-refractivity contribution is 6.24. The molecule has 1 unspecified atom stereocenters. The van der Waals surface area contributed by atoms with Gasteiger partial charge in [-0.25, -0.2) is 9.59 Å². The molecule has 82 valence electrons. The number of hydrogen-bond donors (Lipinski definition) is 0. The van der Waals surface area contributed by atoms with E-state index in [1.165, 1.54) is 20.4 Å². The molecule has 0 amide bonds. The molecule has 0 saturated heterocycles. The van der Waals surface area contributed by atoms with Gasteiger partial charge in [-0.1, -0.05) is 11.6 Å². The van der Waals surface area contributed by atoms with Crippen LogP contribution in [-0.4, -0.2) is 37.9 Å². The molecule has 0 spiro atoms. The Morgan fingerprint density at radius 1 is 1.40 bits per heavy atom. The zero-order valence-corrected chi connectivity index (χ0v) is 9.08. The van der Waals surface area contributed by atoms with Crippen molar-refractivity contribution in [2.24, 2.45) is 4.99 Å². The van der Waals surface area contributed by atoms with Gasteiger partial charge in [0, 0.05) is 12.6 Å². The first kappa shape index (κ1) is 11.7. The number of carbonyl (C=O) groups excluding carboxylic acids is 2. The predicted molar refractivity (Wildman–Crippen MR) is 53.8 cm³/mol. The molecular weight excluding hydrogens is 222 g/mol. The van der Waals surface area contributed by atoms with E-state index in [0.717, 1.165) is 0 Å². The number of methoxy groups -OCH3 is 2. The summed E-state index contributed by atoms with van der Waals surface area (Å²) >= 11 is 5.73. The van der Waals surface area contributed by atoms with Crippen LogP contribution in [0.5, 0.6) is 0 Å². The molecule has 15 heavy (non-hydrogen) atoms. The van der Waals surface area contributed by atoms with Gasteiger partial charge in [0.1, 0.15) is 5.50 Å². The number of halogens is 1. The lowest BCUT2D eigenvalue weighted by atomic mass is 10.0. The third-order valence-corrected chi connectivity index (χ3v) is 2.17. The van der Waals surface area contributed by atoms with Gasteiger partial charge >= 0.3 is 11.9 Å². The monoisotopic (exact) mass is 231 g/mol. The van der Waals surface area contributed by atoms with Crippen LogP contribution >= 0.6 is 11.6 Å². The molecule has 0 saturated carbocycles. The van der Waals surface area contributed by atoms with Crippen LogP contribution < -0.4 is 0 Å². The number of dihydropyridines is 1. The van der Waals surface area contributed by atoms with Crippen molar-refractivity contribution in [1.82, 2.24) is 0 Å². The molecule has 0 N–H and O–H groups in total. The van der Waals surface area contributed by atoms with Gasteiger partial charge < -0.3 is 9.47 Å². The fraction of sp³-hybridized carbons (Fsp3) is 0.444. The van der Waals surface area contributed by atoms with Crippen LogP contribution in [0.2, 0.25) is 0 Å². The second-order valence-corrected chi connectivity index (χ2v) is 3.30. The van der Waals surface area contributed by atoms with E-state index in [9.17, 15) is 9.59 Å². The molecule has 0 aromatic rings. The molecule has 1 rings (SSSR count). The predicted octanol–water partition coefficient (Wildman–Crippen LogP) is 0.668. The van der Waals surface area contributed by atoms with E-state index in [1.54, 1.807) is 0 Å². The number of rotatable bonds is 2. The van der Waals surface area contributed by atoms with Gasteiger partial charge in [0.05, 0.1) is 25.4 Å². The molecule has 6 heteroatoms. The summed E-state index contributed by atoms with van der Waals surface area (Å²) in [4.78, 5) is 26.4. The molecule has 1 aliphatic rings. The Bertz CT molecular complexity index is 348. The summed E-state index contributed by atoms with van der Waals surface area (Å²) in [7, 11) is 2.46. The molecule has 0 aromatic heterocycles. The van der Waals surface area contributed by atoms with E-state index >= 15 is 0 Å². The summed E-state index contributed by atoms with van der Waals surface area (Å²) in [5, 5.41) is 0. The van der Waals surface area contributed by atoms with E-state index in [-0.39, 0.29) is 17.6 Å². The lowest BCUT2D eigenvalue weighted by molar-refractivity contribution is -0.139. The highest BCUT2D eigenvalue weighted by Gasteiger charge is 2.26. The maximum atomic E-state index is 11.3. The van der Waals surface area contributed by atoms with E-state index in [4.69, 9.17) is 11.6 Å². The highest BCUT2D eigenvalue weighted by atomic mass is 35.5. The van der Waals surface area contributed by atoms with Gasteiger partial charge in [-0.2, -0.15) is 0 Å². The van der Waals surface area contributed by atoms with E-state index in [1.807, 2.05) is 0 Å². The summed E-state index contributed by atoms with van der Waals surface area (Å²) in [6.45, 7) is 0. The summed E-state index contributed by atoms with van der Waals surface area (Å²) < 4.78 is 9.05. The number of alkyl halides is 1. The standard InChI is InChI=1S/C9H10ClNO4/c1-14-8(12)5-3-7(10)11-4-6(5)9(13)15-2/h4,7H,3H2,1-2H3. The number of carbonyl (C=O) groups is 2. The number of esters is 2. The van der Waals surface area contributed by atoms with Crippen LogP contribution in [-0.2, 0) is 19.1 Å².